The molecule has 0 aromatic heterocycles. The molecule has 0 aliphatic heterocycles. The van der Waals surface area contributed by atoms with Crippen LogP contribution in [0.2, 0.25) is 0 Å². The van der Waals surface area contributed by atoms with E-state index >= 15 is 0 Å². The van der Waals surface area contributed by atoms with Crippen molar-refractivity contribution in [2.45, 2.75) is 156 Å². The Morgan fingerprint density at radius 3 is 1.70 bits per heavy atom. The monoisotopic (exact) mass is 921 g/mol. The molecular formula is C46H76N6O9S2. The van der Waals surface area contributed by atoms with Crippen LogP contribution >= 0.6 is 23.5 Å². The number of Topliss-reactive ketones (excluding diaryl/α,β-unsaturated/α-hetero) is 2. The molecule has 0 bridgehead atoms. The third kappa shape index (κ3) is 23.5. The quantitative estimate of drug-likeness (QED) is 0.0625. The second kappa shape index (κ2) is 27.4. The molecule has 0 aliphatic rings. The third-order valence-electron chi connectivity index (χ3n) is 9.57. The van der Waals surface area contributed by atoms with Gasteiger partial charge in [-0.15, -0.1) is 0 Å². The summed E-state index contributed by atoms with van der Waals surface area (Å²) in [6.45, 7) is 25.8. The highest BCUT2D eigenvalue weighted by atomic mass is 32.2. The lowest BCUT2D eigenvalue weighted by Crippen LogP contribution is -2.54. The van der Waals surface area contributed by atoms with Crippen molar-refractivity contribution in [3.8, 4) is 0 Å². The lowest BCUT2D eigenvalue weighted by Gasteiger charge is -2.28. The van der Waals surface area contributed by atoms with E-state index in [4.69, 9.17) is 4.74 Å². The summed E-state index contributed by atoms with van der Waals surface area (Å²) in [4.78, 5) is 105. The highest BCUT2D eigenvalue weighted by Crippen LogP contribution is 2.24. The zero-order valence-electron chi connectivity index (χ0n) is 40.1. The first-order valence-electron chi connectivity index (χ1n) is 21.9. The van der Waals surface area contributed by atoms with Crippen LogP contribution in [0.15, 0.2) is 24.3 Å². The number of hydrogen-bond acceptors (Lipinski definition) is 11. The molecule has 17 heteroatoms. The molecule has 0 spiro atoms. The van der Waals surface area contributed by atoms with Crippen molar-refractivity contribution in [3.63, 3.8) is 0 Å². The fraction of sp³-hybridized carbons (Fsp3) is 0.696. The third-order valence-corrected chi connectivity index (χ3v) is 12.1. The summed E-state index contributed by atoms with van der Waals surface area (Å²) in [6.07, 6.45) is -0.0119. The number of hydrogen-bond donors (Lipinski definition) is 6. The van der Waals surface area contributed by atoms with Crippen LogP contribution in [0.4, 0.5) is 0 Å². The maximum Gasteiger partial charge on any atom is 0.251 e. The number of benzene rings is 1. The summed E-state index contributed by atoms with van der Waals surface area (Å²) in [6, 6.07) is 3.19. The first-order valence-corrected chi connectivity index (χ1v) is 24.0. The molecule has 1 aromatic carbocycles. The average molecular weight is 921 g/mol. The fourth-order valence-electron chi connectivity index (χ4n) is 5.93. The predicted molar refractivity (Wildman–Crippen MR) is 253 cm³/mol. The second-order valence-electron chi connectivity index (χ2n) is 18.7. The van der Waals surface area contributed by atoms with Gasteiger partial charge in [-0.25, -0.2) is 0 Å². The number of ketones is 2. The summed E-state index contributed by atoms with van der Waals surface area (Å²) in [5, 5.41) is 16.6. The molecule has 1 aromatic rings. The van der Waals surface area contributed by atoms with Gasteiger partial charge in [-0.05, 0) is 82.9 Å². The Labute approximate surface area is 384 Å². The van der Waals surface area contributed by atoms with Crippen molar-refractivity contribution in [2.75, 3.05) is 31.2 Å². The number of nitrogens with one attached hydrogen (secondary N) is 6. The Kier molecular flexibility index (Phi) is 24.8. The van der Waals surface area contributed by atoms with Crippen LogP contribution in [0.5, 0.6) is 0 Å². The minimum absolute atomic E-state index is 0.00301. The molecule has 0 saturated heterocycles. The molecule has 356 valence electrons. The van der Waals surface area contributed by atoms with Crippen LogP contribution in [0, 0.1) is 17.8 Å². The van der Waals surface area contributed by atoms with Gasteiger partial charge >= 0.3 is 0 Å². The summed E-state index contributed by atoms with van der Waals surface area (Å²) in [7, 11) is 0. The molecule has 15 nitrogen and oxygen atoms in total. The van der Waals surface area contributed by atoms with Gasteiger partial charge < -0.3 is 36.6 Å². The minimum atomic E-state index is -1.31. The maximum atomic E-state index is 13.5. The van der Waals surface area contributed by atoms with Crippen LogP contribution in [0.25, 0.3) is 0 Å². The Hall–Kier alpha value is -3.96. The van der Waals surface area contributed by atoms with Gasteiger partial charge in [0, 0.05) is 53.0 Å². The van der Waals surface area contributed by atoms with Crippen molar-refractivity contribution < 1.29 is 43.1 Å². The van der Waals surface area contributed by atoms with Crippen LogP contribution in [0.1, 0.15) is 137 Å². The van der Waals surface area contributed by atoms with Gasteiger partial charge in [0.25, 0.3) is 5.91 Å². The predicted octanol–water partition coefficient (Wildman–Crippen LogP) is 4.85. The van der Waals surface area contributed by atoms with Crippen molar-refractivity contribution in [1.82, 2.24) is 31.9 Å². The number of carbonyl (C=O) groups is 8. The smallest absolute Gasteiger partial charge is 0.251 e. The van der Waals surface area contributed by atoms with E-state index in [0.29, 0.717) is 40.6 Å². The topological polar surface area (TPSA) is 218 Å². The zero-order valence-corrected chi connectivity index (χ0v) is 41.7. The Balaban J connectivity index is 3.08. The van der Waals surface area contributed by atoms with E-state index < -0.39 is 72.2 Å². The first kappa shape index (κ1) is 57.1. The van der Waals surface area contributed by atoms with Crippen LogP contribution in [-0.2, 0) is 33.5 Å². The molecule has 3 unspecified atom stereocenters. The fourth-order valence-corrected chi connectivity index (χ4v) is 7.85. The number of carbonyl (C=O) groups excluding carboxylic acids is 8. The van der Waals surface area contributed by atoms with Gasteiger partial charge in [0.1, 0.15) is 12.1 Å². The van der Waals surface area contributed by atoms with E-state index in [1.165, 1.54) is 12.1 Å². The standard InChI is InChI=1S/C46H76N6O9S2/c1-27(2)39(44(60)49-31(9)40(56)28(3)4)51-36(53)20-19-35(43(59)48-24-38(55)52-46(13,14)21-22-61-45(10,11)12)50-37(54)23-47-42(58)33-17-15-32(16-18-33)41(57)34(25-62-29(5)6)26-63-30(7)8/h15-18,27-31,34-35,39H,19-26H2,1-14H3,(H,47,58)(H,48,59)(H,49,60)(H,50,54)(H,51,53)(H,52,55). The Morgan fingerprint density at radius 1 is 0.651 bits per heavy atom. The summed E-state index contributed by atoms with van der Waals surface area (Å²) < 4.78 is 5.78. The molecule has 0 radical (unpaired) electrons. The highest BCUT2D eigenvalue weighted by Gasteiger charge is 2.30. The highest BCUT2D eigenvalue weighted by molar-refractivity contribution is 8.00. The van der Waals surface area contributed by atoms with Gasteiger partial charge in [0.15, 0.2) is 11.6 Å². The normalized spacial score (nSPS) is 13.4. The lowest BCUT2D eigenvalue weighted by atomic mass is 9.99. The summed E-state index contributed by atoms with van der Waals surface area (Å²) in [5.41, 5.74) is -0.297. The molecule has 0 saturated carbocycles. The molecule has 0 aliphatic carbocycles. The first-order chi connectivity index (χ1) is 29.1. The molecule has 0 heterocycles. The zero-order chi connectivity index (χ0) is 48.2. The Bertz CT molecular complexity index is 1680. The average Bonchev–Trinajstić information content (AvgIpc) is 3.17. The molecule has 1 rings (SSSR count). The molecule has 0 fully saturated rings. The van der Waals surface area contributed by atoms with E-state index in [0.717, 1.165) is 0 Å². The molecule has 63 heavy (non-hydrogen) atoms. The van der Waals surface area contributed by atoms with Gasteiger partial charge in [-0.1, -0.05) is 67.5 Å². The summed E-state index contributed by atoms with van der Waals surface area (Å²) in [5.74, 6) is -3.30. The van der Waals surface area contributed by atoms with E-state index in [1.807, 2.05) is 34.6 Å². The number of rotatable bonds is 28. The van der Waals surface area contributed by atoms with E-state index in [2.05, 4.69) is 59.6 Å². The van der Waals surface area contributed by atoms with Crippen LogP contribution in [-0.4, -0.2) is 118 Å². The van der Waals surface area contributed by atoms with E-state index in [-0.39, 0.29) is 53.3 Å². The molecule has 3 atom stereocenters. The van der Waals surface area contributed by atoms with Crippen LogP contribution < -0.4 is 31.9 Å². The van der Waals surface area contributed by atoms with E-state index in [9.17, 15) is 38.4 Å². The van der Waals surface area contributed by atoms with Gasteiger partial charge in [-0.3, -0.25) is 38.4 Å². The lowest BCUT2D eigenvalue weighted by molar-refractivity contribution is -0.133. The van der Waals surface area contributed by atoms with Crippen molar-refractivity contribution in [2.24, 2.45) is 17.8 Å². The van der Waals surface area contributed by atoms with Crippen molar-refractivity contribution in [1.29, 1.82) is 0 Å². The summed E-state index contributed by atoms with van der Waals surface area (Å²) >= 11 is 3.46. The molecular weight excluding hydrogens is 845 g/mol. The molecule has 6 N–H and O–H groups in total. The Morgan fingerprint density at radius 2 is 1.19 bits per heavy atom. The second-order valence-corrected chi connectivity index (χ2v) is 21.9. The van der Waals surface area contributed by atoms with E-state index in [1.54, 1.807) is 70.3 Å². The number of thioether (sulfide) groups is 2. The van der Waals surface area contributed by atoms with Crippen molar-refractivity contribution >= 4 is 70.5 Å². The largest absolute Gasteiger partial charge is 0.376 e. The maximum absolute atomic E-state index is 13.5. The van der Waals surface area contributed by atoms with Gasteiger partial charge in [0.05, 0.1) is 24.7 Å². The number of ether oxygens (including phenoxy) is 1. The molecule has 6 amide bonds. The van der Waals surface area contributed by atoms with Crippen LogP contribution in [0.3, 0.4) is 0 Å². The van der Waals surface area contributed by atoms with Crippen molar-refractivity contribution in [3.05, 3.63) is 35.4 Å². The van der Waals surface area contributed by atoms with Gasteiger partial charge in [0.2, 0.25) is 29.5 Å². The SMILES string of the molecule is CC(C)SCC(CSC(C)C)C(=O)c1ccc(C(=O)NCC(=O)NC(CCC(=O)NC(C(=O)NC(C)C(=O)C(C)C)C(C)C)C(=O)NCC(=O)NC(C)(C)CCOC(C)(C)C)cc1. The number of amides is 6. The minimum Gasteiger partial charge on any atom is -0.376 e. The van der Waals surface area contributed by atoms with Gasteiger partial charge in [-0.2, -0.15) is 23.5 Å².